The minimum atomic E-state index is -1.40. The summed E-state index contributed by atoms with van der Waals surface area (Å²) >= 11 is 11.6. The zero-order chi connectivity index (χ0) is 10.2. The maximum atomic E-state index is 10.6. The van der Waals surface area contributed by atoms with Gasteiger partial charge in [-0.15, -0.1) is 11.3 Å². The zero-order valence-electron chi connectivity index (χ0n) is 5.88. The molecule has 7 heteroatoms. The lowest BCUT2D eigenvalue weighted by Gasteiger charge is -1.92. The average Bonchev–Trinajstić information content (AvgIpc) is 2.28. The molecule has 70 valence electrons. The van der Waals surface area contributed by atoms with Gasteiger partial charge < -0.3 is 10.2 Å². The number of rotatable bonds is 2. The van der Waals surface area contributed by atoms with Crippen molar-refractivity contribution in [3.63, 3.8) is 0 Å². The third-order valence-corrected chi connectivity index (χ3v) is 3.19. The first-order chi connectivity index (χ1) is 5.95. The van der Waals surface area contributed by atoms with Crippen LogP contribution in [-0.4, -0.2) is 22.2 Å². The van der Waals surface area contributed by atoms with Gasteiger partial charge in [0, 0.05) is 0 Å². The van der Waals surface area contributed by atoms with Gasteiger partial charge in [0.05, 0.1) is 5.02 Å². The summed E-state index contributed by atoms with van der Waals surface area (Å²) < 4.78 is -0.0310. The number of carboxylic acid groups (broad SMARTS) is 2. The van der Waals surface area contributed by atoms with Crippen LogP contribution in [0.15, 0.2) is 0 Å². The molecule has 13 heavy (non-hydrogen) atoms. The van der Waals surface area contributed by atoms with Crippen LogP contribution in [0.5, 0.6) is 0 Å². The van der Waals surface area contributed by atoms with Gasteiger partial charge in [0.25, 0.3) is 0 Å². The molecule has 0 aliphatic carbocycles. The fraction of sp³-hybridized carbons (Fsp3) is 0. The van der Waals surface area contributed by atoms with Gasteiger partial charge in [0.1, 0.15) is 14.8 Å². The van der Waals surface area contributed by atoms with Crippen LogP contribution >= 0.6 is 34.5 Å². The van der Waals surface area contributed by atoms with E-state index in [0.29, 0.717) is 11.3 Å². The molecule has 0 saturated carbocycles. The summed E-state index contributed by atoms with van der Waals surface area (Å²) in [5.41, 5.74) is -0.454. The standard InChI is InChI=1S/C6H2Cl2O4S/c7-2-1(5(9)10)3(6(11)12)13-4(2)8/h(H,9,10)(H,11,12). The highest BCUT2D eigenvalue weighted by Crippen LogP contribution is 2.36. The predicted molar refractivity (Wildman–Crippen MR) is 48.3 cm³/mol. The van der Waals surface area contributed by atoms with E-state index in [-0.39, 0.29) is 14.2 Å². The molecule has 0 amide bonds. The maximum absolute atomic E-state index is 10.6. The number of aromatic carboxylic acids is 2. The van der Waals surface area contributed by atoms with Crippen molar-refractivity contribution in [1.29, 1.82) is 0 Å². The highest BCUT2D eigenvalue weighted by atomic mass is 35.5. The first-order valence-electron chi connectivity index (χ1n) is 2.89. The molecule has 0 fully saturated rings. The molecule has 0 aromatic carbocycles. The van der Waals surface area contributed by atoms with Crippen LogP contribution in [-0.2, 0) is 0 Å². The van der Waals surface area contributed by atoms with E-state index in [0.717, 1.165) is 0 Å². The Hall–Kier alpha value is -0.780. The molecular weight excluding hydrogens is 239 g/mol. The van der Waals surface area contributed by atoms with Crippen LogP contribution in [0.1, 0.15) is 20.0 Å². The van der Waals surface area contributed by atoms with E-state index >= 15 is 0 Å². The molecule has 1 rings (SSSR count). The number of thiophene rings is 1. The summed E-state index contributed by atoms with van der Waals surface area (Å²) in [4.78, 5) is 20.7. The summed E-state index contributed by atoms with van der Waals surface area (Å²) in [6.45, 7) is 0. The van der Waals surface area contributed by atoms with E-state index in [1.165, 1.54) is 0 Å². The molecule has 1 heterocycles. The molecule has 0 bridgehead atoms. The van der Waals surface area contributed by atoms with E-state index < -0.39 is 17.5 Å². The average molecular weight is 241 g/mol. The van der Waals surface area contributed by atoms with Gasteiger partial charge in [-0.1, -0.05) is 23.2 Å². The number of halogens is 2. The normalized spacial score (nSPS) is 10.0. The first-order valence-corrected chi connectivity index (χ1v) is 4.46. The van der Waals surface area contributed by atoms with Crippen molar-refractivity contribution in [3.05, 3.63) is 19.8 Å². The molecule has 0 unspecified atom stereocenters. The maximum Gasteiger partial charge on any atom is 0.346 e. The number of hydrogen-bond acceptors (Lipinski definition) is 3. The highest BCUT2D eigenvalue weighted by Gasteiger charge is 2.25. The van der Waals surface area contributed by atoms with Crippen molar-refractivity contribution in [2.45, 2.75) is 0 Å². The Morgan fingerprint density at radius 3 is 2.00 bits per heavy atom. The van der Waals surface area contributed by atoms with Crippen molar-refractivity contribution in [2.75, 3.05) is 0 Å². The highest BCUT2D eigenvalue weighted by molar-refractivity contribution is 7.19. The third-order valence-electron chi connectivity index (χ3n) is 1.22. The molecule has 0 saturated heterocycles. The predicted octanol–water partition coefficient (Wildman–Crippen LogP) is 2.45. The molecule has 1 aromatic heterocycles. The summed E-state index contributed by atoms with van der Waals surface area (Å²) in [5.74, 6) is -2.75. The zero-order valence-corrected chi connectivity index (χ0v) is 8.20. The third kappa shape index (κ3) is 1.77. The van der Waals surface area contributed by atoms with Crippen LogP contribution in [0.4, 0.5) is 0 Å². The summed E-state index contributed by atoms with van der Waals surface area (Å²) in [5, 5.41) is 17.0. The van der Waals surface area contributed by atoms with E-state index in [1.54, 1.807) is 0 Å². The van der Waals surface area contributed by atoms with Crippen molar-refractivity contribution < 1.29 is 19.8 Å². The summed E-state index contributed by atoms with van der Waals surface area (Å²) in [7, 11) is 0. The number of carbonyl (C=O) groups is 2. The lowest BCUT2D eigenvalue weighted by atomic mass is 10.2. The Morgan fingerprint density at radius 1 is 1.15 bits per heavy atom. The SMILES string of the molecule is O=C(O)c1sc(Cl)c(Cl)c1C(=O)O. The molecule has 0 atom stereocenters. The van der Waals surface area contributed by atoms with E-state index in [1.807, 2.05) is 0 Å². The van der Waals surface area contributed by atoms with Crippen LogP contribution in [0.3, 0.4) is 0 Å². The summed E-state index contributed by atoms with van der Waals surface area (Å²) in [6.07, 6.45) is 0. The first kappa shape index (κ1) is 10.3. The van der Waals surface area contributed by atoms with Gasteiger partial charge in [-0.3, -0.25) is 0 Å². The Morgan fingerprint density at radius 2 is 1.69 bits per heavy atom. The Balaban J connectivity index is 3.44. The smallest absolute Gasteiger partial charge is 0.346 e. The fourth-order valence-electron chi connectivity index (χ4n) is 0.725. The van der Waals surface area contributed by atoms with E-state index in [4.69, 9.17) is 33.4 Å². The molecule has 0 aliphatic rings. The van der Waals surface area contributed by atoms with Crippen molar-refractivity contribution in [3.8, 4) is 0 Å². The van der Waals surface area contributed by atoms with E-state index in [2.05, 4.69) is 0 Å². The number of carboxylic acids is 2. The van der Waals surface area contributed by atoms with Crippen LogP contribution in [0.2, 0.25) is 9.36 Å². The Kier molecular flexibility index (Phi) is 2.80. The molecule has 2 N–H and O–H groups in total. The van der Waals surface area contributed by atoms with Gasteiger partial charge in [0.15, 0.2) is 0 Å². The van der Waals surface area contributed by atoms with Crippen molar-refractivity contribution in [1.82, 2.24) is 0 Å². The second kappa shape index (κ2) is 3.53. The van der Waals surface area contributed by atoms with Crippen LogP contribution < -0.4 is 0 Å². The Bertz CT molecular complexity index is 384. The van der Waals surface area contributed by atoms with Crippen LogP contribution in [0, 0.1) is 0 Å². The largest absolute Gasteiger partial charge is 0.478 e. The van der Waals surface area contributed by atoms with Crippen molar-refractivity contribution in [2.24, 2.45) is 0 Å². The molecule has 1 aromatic rings. The quantitative estimate of drug-likeness (QED) is 0.833. The topological polar surface area (TPSA) is 74.6 Å². The number of hydrogen-bond donors (Lipinski definition) is 2. The second-order valence-electron chi connectivity index (χ2n) is 2.00. The van der Waals surface area contributed by atoms with Crippen molar-refractivity contribution >= 4 is 46.5 Å². The monoisotopic (exact) mass is 240 g/mol. The summed E-state index contributed by atoms with van der Waals surface area (Å²) in [6, 6.07) is 0. The van der Waals surface area contributed by atoms with Gasteiger partial charge in [0.2, 0.25) is 0 Å². The van der Waals surface area contributed by atoms with Gasteiger partial charge in [-0.2, -0.15) is 0 Å². The second-order valence-corrected chi connectivity index (χ2v) is 4.00. The van der Waals surface area contributed by atoms with Gasteiger partial charge in [-0.05, 0) is 0 Å². The molecule has 4 nitrogen and oxygen atoms in total. The lowest BCUT2D eigenvalue weighted by Crippen LogP contribution is -2.04. The van der Waals surface area contributed by atoms with Gasteiger partial charge >= 0.3 is 11.9 Å². The van der Waals surface area contributed by atoms with E-state index in [9.17, 15) is 9.59 Å². The molecule has 0 aliphatic heterocycles. The Labute approximate surface area is 86.3 Å². The molecule has 0 radical (unpaired) electrons. The fourth-order valence-corrected chi connectivity index (χ4v) is 2.15. The minimum absolute atomic E-state index is 0.0310. The molecule has 0 spiro atoms. The van der Waals surface area contributed by atoms with Crippen LogP contribution in [0.25, 0.3) is 0 Å². The molecular formula is C6H2Cl2O4S. The lowest BCUT2D eigenvalue weighted by molar-refractivity contribution is 0.0656. The minimum Gasteiger partial charge on any atom is -0.478 e. The van der Waals surface area contributed by atoms with Gasteiger partial charge in [-0.25, -0.2) is 9.59 Å².